The van der Waals surface area contributed by atoms with Crippen molar-refractivity contribution in [2.45, 2.75) is 32.7 Å². The first-order valence-corrected chi connectivity index (χ1v) is 8.38. The lowest BCUT2D eigenvalue weighted by Crippen LogP contribution is -2.37. The molecule has 2 N–H and O–H groups in total. The van der Waals surface area contributed by atoms with Gasteiger partial charge in [0.15, 0.2) is 5.96 Å². The number of aryl methyl sites for hydroxylation is 3. The highest BCUT2D eigenvalue weighted by molar-refractivity contribution is 7.11. The van der Waals surface area contributed by atoms with Crippen LogP contribution >= 0.6 is 11.3 Å². The van der Waals surface area contributed by atoms with Gasteiger partial charge in [0.25, 0.3) is 0 Å². The molecule has 0 aromatic carbocycles. The standard InChI is InChI=1S/C15H24N6S/c1-4-13-9-18-14(22-13)10-19-15(16-2)17-7-5-6-12-8-20-21(3)11-12/h8-9,11H,4-7,10H2,1-3H3,(H2,16,17,19). The van der Waals surface area contributed by atoms with E-state index in [9.17, 15) is 0 Å². The van der Waals surface area contributed by atoms with Crippen LogP contribution in [0.15, 0.2) is 23.6 Å². The predicted molar refractivity (Wildman–Crippen MR) is 91.2 cm³/mol. The molecule has 0 aliphatic heterocycles. The van der Waals surface area contributed by atoms with E-state index < -0.39 is 0 Å². The highest BCUT2D eigenvalue weighted by Crippen LogP contribution is 2.12. The fraction of sp³-hybridized carbons (Fsp3) is 0.533. The van der Waals surface area contributed by atoms with E-state index in [0.717, 1.165) is 36.8 Å². The minimum atomic E-state index is 0.715. The van der Waals surface area contributed by atoms with Crippen LogP contribution in [0, 0.1) is 0 Å². The third-order valence-corrected chi connectivity index (χ3v) is 4.42. The second kappa shape index (κ2) is 8.53. The molecule has 0 unspecified atom stereocenters. The first-order valence-electron chi connectivity index (χ1n) is 7.57. The van der Waals surface area contributed by atoms with Gasteiger partial charge in [-0.05, 0) is 24.8 Å². The number of hydrogen-bond acceptors (Lipinski definition) is 4. The van der Waals surface area contributed by atoms with Gasteiger partial charge in [-0.1, -0.05) is 6.92 Å². The van der Waals surface area contributed by atoms with Crippen molar-refractivity contribution in [1.29, 1.82) is 0 Å². The molecule has 2 aromatic heterocycles. The SMILES string of the molecule is CCc1cnc(CNC(=NC)NCCCc2cnn(C)c2)s1. The van der Waals surface area contributed by atoms with Gasteiger partial charge in [-0.3, -0.25) is 9.67 Å². The van der Waals surface area contributed by atoms with Gasteiger partial charge in [0.2, 0.25) is 0 Å². The molecule has 22 heavy (non-hydrogen) atoms. The van der Waals surface area contributed by atoms with Crippen LogP contribution in [0.25, 0.3) is 0 Å². The maximum atomic E-state index is 4.40. The highest BCUT2D eigenvalue weighted by Gasteiger charge is 2.03. The number of thiazole rings is 1. The molecular weight excluding hydrogens is 296 g/mol. The lowest BCUT2D eigenvalue weighted by molar-refractivity contribution is 0.738. The summed E-state index contributed by atoms with van der Waals surface area (Å²) in [5.74, 6) is 0.819. The van der Waals surface area contributed by atoms with Gasteiger partial charge >= 0.3 is 0 Å². The van der Waals surface area contributed by atoms with Crippen molar-refractivity contribution in [3.8, 4) is 0 Å². The Balaban J connectivity index is 1.66. The summed E-state index contributed by atoms with van der Waals surface area (Å²) in [5.41, 5.74) is 1.27. The summed E-state index contributed by atoms with van der Waals surface area (Å²) in [6.45, 7) is 3.74. The molecule has 0 saturated heterocycles. The number of guanidine groups is 1. The summed E-state index contributed by atoms with van der Waals surface area (Å²) in [6, 6.07) is 0. The van der Waals surface area contributed by atoms with E-state index in [1.54, 1.807) is 18.4 Å². The first kappa shape index (κ1) is 16.5. The van der Waals surface area contributed by atoms with Crippen molar-refractivity contribution >= 4 is 17.3 Å². The van der Waals surface area contributed by atoms with Crippen molar-refractivity contribution < 1.29 is 0 Å². The zero-order chi connectivity index (χ0) is 15.8. The van der Waals surface area contributed by atoms with E-state index in [1.165, 1.54) is 10.4 Å². The summed E-state index contributed by atoms with van der Waals surface area (Å²) in [4.78, 5) is 9.95. The third-order valence-electron chi connectivity index (χ3n) is 3.27. The lowest BCUT2D eigenvalue weighted by Gasteiger charge is -2.10. The average Bonchev–Trinajstić information content (AvgIpc) is 3.15. The zero-order valence-electron chi connectivity index (χ0n) is 13.5. The Morgan fingerprint density at radius 1 is 1.36 bits per heavy atom. The van der Waals surface area contributed by atoms with Crippen LogP contribution in [0.1, 0.15) is 28.8 Å². The Hall–Kier alpha value is -1.89. The monoisotopic (exact) mass is 320 g/mol. The predicted octanol–water partition coefficient (Wildman–Crippen LogP) is 1.74. The minimum Gasteiger partial charge on any atom is -0.356 e. The normalized spacial score (nSPS) is 11.7. The van der Waals surface area contributed by atoms with Crippen LogP contribution < -0.4 is 10.6 Å². The van der Waals surface area contributed by atoms with Crippen molar-refractivity contribution in [2.75, 3.05) is 13.6 Å². The molecule has 2 rings (SSSR count). The number of hydrogen-bond donors (Lipinski definition) is 2. The molecule has 2 aromatic rings. The number of nitrogens with zero attached hydrogens (tertiary/aromatic N) is 4. The van der Waals surface area contributed by atoms with Crippen LogP contribution in [-0.4, -0.2) is 34.3 Å². The van der Waals surface area contributed by atoms with E-state index in [1.807, 2.05) is 24.1 Å². The van der Waals surface area contributed by atoms with Crippen LogP contribution in [0.4, 0.5) is 0 Å². The van der Waals surface area contributed by atoms with Gasteiger partial charge in [0.05, 0.1) is 12.7 Å². The van der Waals surface area contributed by atoms with Crippen molar-refractivity contribution in [2.24, 2.45) is 12.0 Å². The second-order valence-electron chi connectivity index (χ2n) is 5.05. The Morgan fingerprint density at radius 3 is 2.86 bits per heavy atom. The molecule has 2 heterocycles. The summed E-state index contributed by atoms with van der Waals surface area (Å²) >= 11 is 1.75. The van der Waals surface area contributed by atoms with Gasteiger partial charge in [0, 0.05) is 37.9 Å². The summed E-state index contributed by atoms with van der Waals surface area (Å²) < 4.78 is 1.84. The number of nitrogens with one attached hydrogen (secondary N) is 2. The maximum Gasteiger partial charge on any atom is 0.191 e. The molecular formula is C15H24N6S. The van der Waals surface area contributed by atoms with E-state index in [2.05, 4.69) is 38.8 Å². The Kier molecular flexibility index (Phi) is 6.39. The third kappa shape index (κ3) is 5.14. The highest BCUT2D eigenvalue weighted by atomic mass is 32.1. The molecule has 0 atom stereocenters. The first-order chi connectivity index (χ1) is 10.7. The Labute approximate surface area is 135 Å². The molecule has 0 aliphatic carbocycles. The van der Waals surface area contributed by atoms with E-state index >= 15 is 0 Å². The summed E-state index contributed by atoms with van der Waals surface area (Å²) in [5, 5.41) is 11.9. The topological polar surface area (TPSA) is 67.1 Å². The quantitative estimate of drug-likeness (QED) is 0.463. The van der Waals surface area contributed by atoms with Gasteiger partial charge < -0.3 is 10.6 Å². The maximum absolute atomic E-state index is 4.40. The fourth-order valence-electron chi connectivity index (χ4n) is 2.07. The van der Waals surface area contributed by atoms with Gasteiger partial charge in [-0.25, -0.2) is 4.98 Å². The van der Waals surface area contributed by atoms with Crippen molar-refractivity contribution in [3.63, 3.8) is 0 Å². The molecule has 0 amide bonds. The van der Waals surface area contributed by atoms with Crippen LogP contribution in [-0.2, 0) is 26.4 Å². The largest absolute Gasteiger partial charge is 0.356 e. The van der Waals surface area contributed by atoms with Crippen LogP contribution in [0.2, 0.25) is 0 Å². The number of aliphatic imine (C=N–C) groups is 1. The van der Waals surface area contributed by atoms with Crippen LogP contribution in [0.3, 0.4) is 0 Å². The molecule has 6 nitrogen and oxygen atoms in total. The second-order valence-corrected chi connectivity index (χ2v) is 6.25. The average molecular weight is 320 g/mol. The van der Waals surface area contributed by atoms with Crippen molar-refractivity contribution in [1.82, 2.24) is 25.4 Å². The zero-order valence-corrected chi connectivity index (χ0v) is 14.3. The Bertz CT molecular complexity index is 601. The number of aromatic nitrogens is 3. The molecule has 0 aliphatic rings. The summed E-state index contributed by atoms with van der Waals surface area (Å²) in [7, 11) is 3.73. The molecule has 0 spiro atoms. The molecule has 7 heteroatoms. The molecule has 0 fully saturated rings. The van der Waals surface area contributed by atoms with Crippen LogP contribution in [0.5, 0.6) is 0 Å². The Morgan fingerprint density at radius 2 is 2.23 bits per heavy atom. The number of rotatable bonds is 7. The molecule has 0 radical (unpaired) electrons. The van der Waals surface area contributed by atoms with Gasteiger partial charge in [0.1, 0.15) is 5.01 Å². The fourth-order valence-corrected chi connectivity index (χ4v) is 2.88. The molecule has 0 saturated carbocycles. The lowest BCUT2D eigenvalue weighted by atomic mass is 10.2. The van der Waals surface area contributed by atoms with E-state index in [0.29, 0.717) is 6.54 Å². The van der Waals surface area contributed by atoms with Gasteiger partial charge in [-0.2, -0.15) is 5.10 Å². The molecule has 0 bridgehead atoms. The van der Waals surface area contributed by atoms with E-state index in [-0.39, 0.29) is 0 Å². The minimum absolute atomic E-state index is 0.715. The van der Waals surface area contributed by atoms with E-state index in [4.69, 9.17) is 0 Å². The smallest absolute Gasteiger partial charge is 0.191 e. The molecule has 120 valence electrons. The summed E-state index contributed by atoms with van der Waals surface area (Å²) in [6.07, 6.45) is 9.03. The van der Waals surface area contributed by atoms with Crippen molar-refractivity contribution in [3.05, 3.63) is 34.0 Å². The van der Waals surface area contributed by atoms with Gasteiger partial charge in [-0.15, -0.1) is 11.3 Å².